The largest absolute Gasteiger partial charge is 0.385 e. The summed E-state index contributed by atoms with van der Waals surface area (Å²) in [5.74, 6) is -0.221. The molecule has 7 heteroatoms. The maximum absolute atomic E-state index is 12.8. The van der Waals surface area contributed by atoms with E-state index in [4.69, 9.17) is 4.74 Å². The molecule has 0 bridgehead atoms. The van der Waals surface area contributed by atoms with Crippen LogP contribution in [0.2, 0.25) is 0 Å². The van der Waals surface area contributed by atoms with Crippen LogP contribution < -0.4 is 10.6 Å². The van der Waals surface area contributed by atoms with Gasteiger partial charge in [0.1, 0.15) is 5.69 Å². The highest BCUT2D eigenvalue weighted by Gasteiger charge is 2.27. The van der Waals surface area contributed by atoms with Crippen LogP contribution in [0, 0.1) is 6.92 Å². The standard InChI is InChI=1S/C20H26N4O3/c1-14-7-5-8-15(13-14)22-20(26)18-23-17(16-9-3-4-11-24(16)18)19(25)21-10-6-12-27-2/h5,7-8,13H,3-4,6,9-12H2,1-2H3,(H,21,25)(H,22,26). The lowest BCUT2D eigenvalue weighted by Crippen LogP contribution is -2.27. The summed E-state index contributed by atoms with van der Waals surface area (Å²) in [6.07, 6.45) is 3.46. The molecule has 27 heavy (non-hydrogen) atoms. The van der Waals surface area contributed by atoms with Crippen LogP contribution in [-0.2, 0) is 17.7 Å². The van der Waals surface area contributed by atoms with Crippen LogP contribution in [0.25, 0.3) is 0 Å². The Balaban J connectivity index is 1.80. The van der Waals surface area contributed by atoms with E-state index in [0.717, 1.165) is 42.6 Å². The summed E-state index contributed by atoms with van der Waals surface area (Å²) in [4.78, 5) is 29.8. The number of fused-ring (bicyclic) bond motifs is 1. The Kier molecular flexibility index (Phi) is 6.24. The number of imidazole rings is 1. The van der Waals surface area contributed by atoms with Crippen molar-refractivity contribution in [1.82, 2.24) is 14.9 Å². The molecule has 0 unspecified atom stereocenters. The van der Waals surface area contributed by atoms with Crippen molar-refractivity contribution in [2.24, 2.45) is 0 Å². The Morgan fingerprint density at radius 1 is 1.26 bits per heavy atom. The number of methoxy groups -OCH3 is 1. The zero-order valence-corrected chi connectivity index (χ0v) is 15.9. The Hall–Kier alpha value is -2.67. The Morgan fingerprint density at radius 2 is 2.11 bits per heavy atom. The molecule has 0 saturated carbocycles. The quantitative estimate of drug-likeness (QED) is 0.734. The Labute approximate surface area is 159 Å². The van der Waals surface area contributed by atoms with Gasteiger partial charge in [-0.15, -0.1) is 0 Å². The fraction of sp³-hybridized carbons (Fsp3) is 0.450. The van der Waals surface area contributed by atoms with Crippen LogP contribution in [0.1, 0.15) is 51.6 Å². The van der Waals surface area contributed by atoms with E-state index in [0.29, 0.717) is 31.2 Å². The minimum Gasteiger partial charge on any atom is -0.385 e. The second kappa shape index (κ2) is 8.81. The van der Waals surface area contributed by atoms with E-state index in [9.17, 15) is 9.59 Å². The SMILES string of the molecule is COCCCNC(=O)c1nc(C(=O)Nc2cccc(C)c2)n2c1CCCC2. The summed E-state index contributed by atoms with van der Waals surface area (Å²) >= 11 is 0. The predicted octanol–water partition coefficient (Wildman–Crippen LogP) is 2.55. The molecule has 1 aromatic carbocycles. The van der Waals surface area contributed by atoms with Crippen molar-refractivity contribution >= 4 is 17.5 Å². The summed E-state index contributed by atoms with van der Waals surface area (Å²) in [7, 11) is 1.63. The predicted molar refractivity (Wildman–Crippen MR) is 103 cm³/mol. The molecule has 1 aliphatic rings. The lowest BCUT2D eigenvalue weighted by Gasteiger charge is -2.17. The van der Waals surface area contributed by atoms with E-state index in [-0.39, 0.29) is 11.8 Å². The molecule has 0 atom stereocenters. The van der Waals surface area contributed by atoms with Crippen LogP contribution in [0.3, 0.4) is 0 Å². The number of hydrogen-bond donors (Lipinski definition) is 2. The fourth-order valence-electron chi connectivity index (χ4n) is 3.31. The van der Waals surface area contributed by atoms with Crippen molar-refractivity contribution in [2.75, 3.05) is 25.6 Å². The normalized spacial score (nSPS) is 13.1. The van der Waals surface area contributed by atoms with Gasteiger partial charge in [-0.3, -0.25) is 9.59 Å². The summed E-state index contributed by atoms with van der Waals surface area (Å²) in [6, 6.07) is 7.61. The number of hydrogen-bond acceptors (Lipinski definition) is 4. The number of aryl methyl sites for hydroxylation is 1. The molecule has 3 rings (SSSR count). The van der Waals surface area contributed by atoms with Gasteiger partial charge in [0.2, 0.25) is 0 Å². The highest BCUT2D eigenvalue weighted by Crippen LogP contribution is 2.22. The molecule has 0 fully saturated rings. The van der Waals surface area contributed by atoms with Gasteiger partial charge in [0.05, 0.1) is 5.69 Å². The first-order valence-electron chi connectivity index (χ1n) is 9.34. The third-order valence-electron chi connectivity index (χ3n) is 4.62. The molecule has 0 spiro atoms. The van der Waals surface area contributed by atoms with Gasteiger partial charge in [0.15, 0.2) is 5.82 Å². The number of aromatic nitrogens is 2. The second-order valence-electron chi connectivity index (χ2n) is 6.77. The number of carbonyl (C=O) groups excluding carboxylic acids is 2. The van der Waals surface area contributed by atoms with Gasteiger partial charge in [-0.1, -0.05) is 12.1 Å². The second-order valence-corrected chi connectivity index (χ2v) is 6.77. The van der Waals surface area contributed by atoms with E-state index in [1.54, 1.807) is 7.11 Å². The van der Waals surface area contributed by atoms with Crippen molar-refractivity contribution in [3.05, 3.63) is 47.0 Å². The molecule has 1 aromatic heterocycles. The fourth-order valence-corrected chi connectivity index (χ4v) is 3.31. The van der Waals surface area contributed by atoms with E-state index in [1.165, 1.54) is 0 Å². The van der Waals surface area contributed by atoms with Gasteiger partial charge >= 0.3 is 0 Å². The number of rotatable bonds is 7. The van der Waals surface area contributed by atoms with Gasteiger partial charge in [0.25, 0.3) is 11.8 Å². The van der Waals surface area contributed by atoms with Gasteiger partial charge in [-0.25, -0.2) is 4.98 Å². The minimum absolute atomic E-state index is 0.230. The molecule has 1 aliphatic heterocycles. The zero-order valence-electron chi connectivity index (χ0n) is 15.9. The van der Waals surface area contributed by atoms with Gasteiger partial charge in [-0.2, -0.15) is 0 Å². The van der Waals surface area contributed by atoms with Crippen molar-refractivity contribution in [2.45, 2.75) is 39.2 Å². The van der Waals surface area contributed by atoms with E-state index in [1.807, 2.05) is 35.8 Å². The van der Waals surface area contributed by atoms with Crippen LogP contribution in [0.15, 0.2) is 24.3 Å². The van der Waals surface area contributed by atoms with Crippen LogP contribution >= 0.6 is 0 Å². The van der Waals surface area contributed by atoms with Crippen molar-refractivity contribution < 1.29 is 14.3 Å². The van der Waals surface area contributed by atoms with E-state index >= 15 is 0 Å². The van der Waals surface area contributed by atoms with Gasteiger partial charge in [-0.05, 0) is 50.3 Å². The number of amides is 2. The molecule has 7 nitrogen and oxygen atoms in total. The lowest BCUT2D eigenvalue weighted by atomic mass is 10.1. The number of nitrogens with zero attached hydrogens (tertiary/aromatic N) is 2. The molecule has 2 N–H and O–H groups in total. The van der Waals surface area contributed by atoms with Crippen molar-refractivity contribution in [3.8, 4) is 0 Å². The van der Waals surface area contributed by atoms with E-state index < -0.39 is 0 Å². The first kappa shape index (κ1) is 19.1. The molecule has 144 valence electrons. The smallest absolute Gasteiger partial charge is 0.291 e. The number of nitrogens with one attached hydrogen (secondary N) is 2. The molecular weight excluding hydrogens is 344 g/mol. The average molecular weight is 370 g/mol. The van der Waals surface area contributed by atoms with E-state index in [2.05, 4.69) is 15.6 Å². The summed E-state index contributed by atoms with van der Waals surface area (Å²) < 4.78 is 6.88. The number of carbonyl (C=O) groups is 2. The molecule has 0 aliphatic carbocycles. The maximum Gasteiger partial charge on any atom is 0.291 e. The van der Waals surface area contributed by atoms with Crippen LogP contribution in [-0.4, -0.2) is 41.6 Å². The van der Waals surface area contributed by atoms with Crippen LogP contribution in [0.4, 0.5) is 5.69 Å². The average Bonchev–Trinajstić information content (AvgIpc) is 3.05. The first-order valence-corrected chi connectivity index (χ1v) is 9.34. The summed E-state index contributed by atoms with van der Waals surface area (Å²) in [5.41, 5.74) is 2.99. The van der Waals surface area contributed by atoms with Crippen molar-refractivity contribution in [1.29, 1.82) is 0 Å². The molecule has 2 aromatic rings. The van der Waals surface area contributed by atoms with Crippen molar-refractivity contribution in [3.63, 3.8) is 0 Å². The van der Waals surface area contributed by atoms with Gasteiger partial charge < -0.3 is 19.9 Å². The molecule has 2 heterocycles. The lowest BCUT2D eigenvalue weighted by molar-refractivity contribution is 0.0942. The van der Waals surface area contributed by atoms with Crippen LogP contribution in [0.5, 0.6) is 0 Å². The summed E-state index contributed by atoms with van der Waals surface area (Å²) in [5, 5.41) is 5.76. The summed E-state index contributed by atoms with van der Waals surface area (Å²) in [6.45, 7) is 3.78. The first-order chi connectivity index (χ1) is 13.1. The molecule has 0 saturated heterocycles. The monoisotopic (exact) mass is 370 g/mol. The Morgan fingerprint density at radius 3 is 2.89 bits per heavy atom. The zero-order chi connectivity index (χ0) is 19.2. The molecule has 2 amide bonds. The number of ether oxygens (including phenoxy) is 1. The number of benzene rings is 1. The molecule has 0 radical (unpaired) electrons. The topological polar surface area (TPSA) is 85.2 Å². The Bertz CT molecular complexity index is 829. The maximum atomic E-state index is 12.8. The molecular formula is C20H26N4O3. The van der Waals surface area contributed by atoms with Gasteiger partial charge in [0, 0.05) is 32.5 Å². The third kappa shape index (κ3) is 4.54. The number of anilines is 1. The highest BCUT2D eigenvalue weighted by molar-refractivity contribution is 6.03. The third-order valence-corrected chi connectivity index (χ3v) is 4.62. The minimum atomic E-state index is -0.290. The highest BCUT2D eigenvalue weighted by atomic mass is 16.5.